The first-order chi connectivity index (χ1) is 13.6. The summed E-state index contributed by atoms with van der Waals surface area (Å²) in [5.41, 5.74) is 2.11. The van der Waals surface area contributed by atoms with Gasteiger partial charge >= 0.3 is 0 Å². The largest absolute Gasteiger partial charge is 0.342 e. The summed E-state index contributed by atoms with van der Waals surface area (Å²) in [6.07, 6.45) is 5.44. The summed E-state index contributed by atoms with van der Waals surface area (Å²) in [7, 11) is 0. The third-order valence-electron chi connectivity index (χ3n) is 6.68. The van der Waals surface area contributed by atoms with Crippen molar-refractivity contribution in [1.29, 1.82) is 0 Å². The third-order valence-corrected chi connectivity index (χ3v) is 6.68. The van der Waals surface area contributed by atoms with E-state index in [0.717, 1.165) is 83.5 Å². The number of hydrogen-bond acceptors (Lipinski definition) is 3. The van der Waals surface area contributed by atoms with Gasteiger partial charge in [0.05, 0.1) is 0 Å². The first kappa shape index (κ1) is 19.4. The Bertz CT molecular complexity index is 682. The zero-order valence-electron chi connectivity index (χ0n) is 17.1. The van der Waals surface area contributed by atoms with Crippen LogP contribution in [0.25, 0.3) is 0 Å². The van der Waals surface area contributed by atoms with E-state index in [4.69, 9.17) is 0 Å². The summed E-state index contributed by atoms with van der Waals surface area (Å²) in [6, 6.07) is 8.24. The quantitative estimate of drug-likeness (QED) is 0.785. The van der Waals surface area contributed by atoms with Gasteiger partial charge in [-0.25, -0.2) is 0 Å². The van der Waals surface area contributed by atoms with Crippen LogP contribution in [-0.2, 0) is 11.2 Å². The molecule has 2 saturated heterocycles. The lowest BCUT2D eigenvalue weighted by Gasteiger charge is -2.34. The van der Waals surface area contributed by atoms with Gasteiger partial charge in [0.25, 0.3) is 5.91 Å². The van der Waals surface area contributed by atoms with Crippen LogP contribution in [-0.4, -0.2) is 72.3 Å². The van der Waals surface area contributed by atoms with Crippen molar-refractivity contribution in [1.82, 2.24) is 14.7 Å². The highest BCUT2D eigenvalue weighted by Crippen LogP contribution is 2.33. The normalized spacial score (nSPS) is 21.8. The van der Waals surface area contributed by atoms with E-state index in [1.54, 1.807) is 0 Å². The number of benzene rings is 1. The molecule has 1 aromatic carbocycles. The first-order valence-corrected chi connectivity index (χ1v) is 11.0. The molecule has 28 heavy (non-hydrogen) atoms. The highest BCUT2D eigenvalue weighted by Gasteiger charge is 2.34. The van der Waals surface area contributed by atoms with Gasteiger partial charge in [0.1, 0.15) is 0 Å². The molecule has 0 radical (unpaired) electrons. The molecule has 3 aliphatic rings. The van der Waals surface area contributed by atoms with Gasteiger partial charge in [-0.1, -0.05) is 19.1 Å². The van der Waals surface area contributed by atoms with E-state index in [2.05, 4.69) is 28.9 Å². The molecule has 1 saturated carbocycles. The van der Waals surface area contributed by atoms with Gasteiger partial charge in [-0.3, -0.25) is 9.59 Å². The average Bonchev–Trinajstić information content (AvgIpc) is 3.59. The maximum atomic E-state index is 12.7. The number of piperazine rings is 1. The molecule has 3 fully saturated rings. The molecule has 4 rings (SSSR count). The lowest BCUT2D eigenvalue weighted by atomic mass is 9.89. The van der Waals surface area contributed by atoms with Gasteiger partial charge in [-0.05, 0) is 62.3 Å². The Morgan fingerprint density at radius 3 is 2.07 bits per heavy atom. The molecule has 1 aliphatic carbocycles. The second-order valence-electron chi connectivity index (χ2n) is 8.67. The van der Waals surface area contributed by atoms with E-state index in [9.17, 15) is 9.59 Å². The van der Waals surface area contributed by atoms with Crippen molar-refractivity contribution in [2.75, 3.05) is 45.8 Å². The molecule has 0 unspecified atom stereocenters. The third kappa shape index (κ3) is 4.57. The number of carbonyl (C=O) groups is 2. The Morgan fingerprint density at radius 1 is 0.857 bits per heavy atom. The number of carbonyl (C=O) groups excluding carboxylic acids is 2. The molecule has 0 N–H and O–H groups in total. The molecule has 1 aromatic rings. The highest BCUT2D eigenvalue weighted by atomic mass is 16.2. The fourth-order valence-electron chi connectivity index (χ4n) is 4.51. The van der Waals surface area contributed by atoms with Crippen LogP contribution in [0.2, 0.25) is 0 Å². The molecule has 152 valence electrons. The van der Waals surface area contributed by atoms with E-state index in [0.29, 0.717) is 17.7 Å². The number of rotatable bonds is 5. The summed E-state index contributed by atoms with van der Waals surface area (Å²) in [5, 5.41) is 0. The fraction of sp³-hybridized carbons (Fsp3) is 0.652. The molecule has 2 amide bonds. The minimum absolute atomic E-state index is 0.161. The monoisotopic (exact) mass is 383 g/mol. The zero-order chi connectivity index (χ0) is 19.5. The number of likely N-dealkylation sites (tertiary alicyclic amines) is 1. The average molecular weight is 384 g/mol. The maximum absolute atomic E-state index is 12.7. The molecule has 0 spiro atoms. The Balaban J connectivity index is 1.25. The van der Waals surface area contributed by atoms with Crippen molar-refractivity contribution < 1.29 is 9.59 Å². The Morgan fingerprint density at radius 2 is 1.50 bits per heavy atom. The summed E-state index contributed by atoms with van der Waals surface area (Å²) in [5.74, 6) is 1.54. The molecule has 0 bridgehead atoms. The maximum Gasteiger partial charge on any atom is 0.253 e. The predicted molar refractivity (Wildman–Crippen MR) is 110 cm³/mol. The Kier molecular flexibility index (Phi) is 6.00. The van der Waals surface area contributed by atoms with E-state index in [1.165, 1.54) is 5.56 Å². The molecule has 0 aromatic heterocycles. The van der Waals surface area contributed by atoms with Crippen molar-refractivity contribution in [3.63, 3.8) is 0 Å². The lowest BCUT2D eigenvalue weighted by Crippen LogP contribution is -2.48. The van der Waals surface area contributed by atoms with Crippen molar-refractivity contribution in [2.45, 2.75) is 39.0 Å². The van der Waals surface area contributed by atoms with Crippen molar-refractivity contribution in [3.8, 4) is 0 Å². The van der Waals surface area contributed by atoms with Crippen molar-refractivity contribution in [3.05, 3.63) is 35.4 Å². The highest BCUT2D eigenvalue weighted by molar-refractivity contribution is 5.94. The molecule has 2 heterocycles. The minimum atomic E-state index is 0.161. The lowest BCUT2D eigenvalue weighted by molar-refractivity contribution is -0.133. The molecule has 0 atom stereocenters. The van der Waals surface area contributed by atoms with E-state index >= 15 is 0 Å². The van der Waals surface area contributed by atoms with E-state index in [1.807, 2.05) is 17.0 Å². The second-order valence-corrected chi connectivity index (χ2v) is 8.67. The zero-order valence-corrected chi connectivity index (χ0v) is 17.1. The van der Waals surface area contributed by atoms with Gasteiger partial charge in [0, 0.05) is 50.7 Å². The van der Waals surface area contributed by atoms with Gasteiger partial charge in [-0.2, -0.15) is 0 Å². The van der Waals surface area contributed by atoms with Crippen molar-refractivity contribution in [2.24, 2.45) is 11.8 Å². The molecule has 2 aliphatic heterocycles. The van der Waals surface area contributed by atoms with Gasteiger partial charge in [0.2, 0.25) is 5.91 Å². The molecule has 5 nitrogen and oxygen atoms in total. The summed E-state index contributed by atoms with van der Waals surface area (Å²) in [4.78, 5) is 31.3. The Labute approximate surface area is 168 Å². The number of amides is 2. The van der Waals surface area contributed by atoms with Crippen LogP contribution in [0, 0.1) is 11.8 Å². The fourth-order valence-corrected chi connectivity index (χ4v) is 4.51. The summed E-state index contributed by atoms with van der Waals surface area (Å²) in [6.45, 7) is 8.67. The number of nitrogens with zero attached hydrogens (tertiary/aromatic N) is 3. The molecule has 5 heteroatoms. The SMILES string of the molecule is CCN1CCN(C(=O)c2ccc(CC3CCN(C(=O)C4CC4)CC3)cc2)CC1. The minimum Gasteiger partial charge on any atom is -0.342 e. The van der Waals surface area contributed by atoms with Crippen LogP contribution in [0.4, 0.5) is 0 Å². The topological polar surface area (TPSA) is 43.9 Å². The van der Waals surface area contributed by atoms with Crippen LogP contribution < -0.4 is 0 Å². The van der Waals surface area contributed by atoms with Crippen LogP contribution in [0.3, 0.4) is 0 Å². The number of piperidine rings is 1. The van der Waals surface area contributed by atoms with E-state index < -0.39 is 0 Å². The van der Waals surface area contributed by atoms with Gasteiger partial charge < -0.3 is 14.7 Å². The van der Waals surface area contributed by atoms with Gasteiger partial charge in [0.15, 0.2) is 0 Å². The summed E-state index contributed by atoms with van der Waals surface area (Å²) < 4.78 is 0. The summed E-state index contributed by atoms with van der Waals surface area (Å²) >= 11 is 0. The molecular weight excluding hydrogens is 350 g/mol. The van der Waals surface area contributed by atoms with Crippen LogP contribution >= 0.6 is 0 Å². The van der Waals surface area contributed by atoms with Crippen molar-refractivity contribution >= 4 is 11.8 Å². The molecular formula is C23H33N3O2. The second kappa shape index (κ2) is 8.64. The number of hydrogen-bond donors (Lipinski definition) is 0. The first-order valence-electron chi connectivity index (χ1n) is 11.0. The standard InChI is InChI=1S/C23H33N3O2/c1-2-24-13-15-26(16-14-24)23(28)20-5-3-18(4-6-20)17-19-9-11-25(12-10-19)22(27)21-7-8-21/h3-6,19,21H,2,7-17H2,1H3. The van der Waals surface area contributed by atoms with E-state index in [-0.39, 0.29) is 5.91 Å². The Hall–Kier alpha value is -1.88. The smallest absolute Gasteiger partial charge is 0.253 e. The number of likely N-dealkylation sites (N-methyl/N-ethyl adjacent to an activating group) is 1. The van der Waals surface area contributed by atoms with Crippen LogP contribution in [0.15, 0.2) is 24.3 Å². The van der Waals surface area contributed by atoms with Crippen LogP contribution in [0.5, 0.6) is 0 Å². The van der Waals surface area contributed by atoms with Crippen LogP contribution in [0.1, 0.15) is 48.5 Å². The predicted octanol–water partition coefficient (Wildman–Crippen LogP) is 2.66. The van der Waals surface area contributed by atoms with Gasteiger partial charge in [-0.15, -0.1) is 0 Å².